The monoisotopic (exact) mass is 347 g/mol. The maximum absolute atomic E-state index is 12.6. The first-order valence-corrected chi connectivity index (χ1v) is 10.4. The average Bonchev–Trinajstić information content (AvgIpc) is 2.97. The van der Waals surface area contributed by atoms with Gasteiger partial charge in [0.25, 0.3) is 0 Å². The van der Waals surface area contributed by atoms with E-state index in [0.29, 0.717) is 44.9 Å². The molecule has 0 aromatic rings. The van der Waals surface area contributed by atoms with Gasteiger partial charge in [-0.1, -0.05) is 12.8 Å². The van der Waals surface area contributed by atoms with E-state index >= 15 is 0 Å². The van der Waals surface area contributed by atoms with E-state index < -0.39 is 27.3 Å². The van der Waals surface area contributed by atoms with Crippen molar-refractivity contribution in [1.29, 1.82) is 0 Å². The molecule has 134 valence electrons. The number of piperidine rings is 1. The van der Waals surface area contributed by atoms with Crippen LogP contribution in [0, 0.1) is 5.92 Å². The lowest BCUT2D eigenvalue weighted by atomic mass is 9.75. The van der Waals surface area contributed by atoms with Crippen molar-refractivity contribution in [1.82, 2.24) is 4.31 Å². The molecule has 23 heavy (non-hydrogen) atoms. The lowest BCUT2D eigenvalue weighted by molar-refractivity contribution is -0.243. The summed E-state index contributed by atoms with van der Waals surface area (Å²) >= 11 is 0. The van der Waals surface area contributed by atoms with Gasteiger partial charge in [-0.2, -0.15) is 0 Å². The second-order valence-electron chi connectivity index (χ2n) is 7.75. The Kier molecular flexibility index (Phi) is 4.79. The van der Waals surface area contributed by atoms with E-state index in [0.717, 1.165) is 25.7 Å². The molecule has 1 saturated carbocycles. The van der Waals surface area contributed by atoms with Gasteiger partial charge in [-0.25, -0.2) is 12.7 Å². The van der Waals surface area contributed by atoms with Gasteiger partial charge < -0.3 is 14.9 Å². The summed E-state index contributed by atoms with van der Waals surface area (Å²) in [4.78, 5) is 0. The van der Waals surface area contributed by atoms with Gasteiger partial charge in [-0.05, 0) is 38.5 Å². The van der Waals surface area contributed by atoms with E-state index in [1.54, 1.807) is 11.2 Å². The SMILES string of the molecule is C[C@@]1(O)CCOC2(CCN(S(=O)(=O)CC3CCCC3)CC2)[C@H]1O. The molecule has 3 rings (SSSR count). The van der Waals surface area contributed by atoms with Crippen LogP contribution < -0.4 is 0 Å². The van der Waals surface area contributed by atoms with Gasteiger partial charge in [0, 0.05) is 19.5 Å². The third-order valence-corrected chi connectivity index (χ3v) is 8.01. The Morgan fingerprint density at radius 1 is 1.17 bits per heavy atom. The number of rotatable bonds is 3. The van der Waals surface area contributed by atoms with Gasteiger partial charge in [0.15, 0.2) is 0 Å². The van der Waals surface area contributed by atoms with Gasteiger partial charge in [0.1, 0.15) is 6.10 Å². The molecule has 0 amide bonds. The summed E-state index contributed by atoms with van der Waals surface area (Å²) in [5.74, 6) is 0.550. The fourth-order valence-corrected chi connectivity index (χ4v) is 6.26. The van der Waals surface area contributed by atoms with E-state index in [4.69, 9.17) is 4.74 Å². The number of hydrogen-bond donors (Lipinski definition) is 2. The second kappa shape index (κ2) is 6.26. The van der Waals surface area contributed by atoms with Crippen molar-refractivity contribution in [3.63, 3.8) is 0 Å². The summed E-state index contributed by atoms with van der Waals surface area (Å²) in [6.45, 7) is 2.76. The molecule has 2 aliphatic heterocycles. The molecule has 2 saturated heterocycles. The van der Waals surface area contributed by atoms with E-state index in [-0.39, 0.29) is 5.75 Å². The molecule has 0 radical (unpaired) electrons. The number of aliphatic hydroxyl groups excluding tert-OH is 1. The molecule has 2 N–H and O–H groups in total. The van der Waals surface area contributed by atoms with Crippen molar-refractivity contribution >= 4 is 10.0 Å². The molecule has 0 aromatic heterocycles. The minimum absolute atomic E-state index is 0.251. The first kappa shape index (κ1) is 17.6. The molecule has 3 aliphatic rings. The molecule has 2 heterocycles. The van der Waals surface area contributed by atoms with Gasteiger partial charge in [-0.15, -0.1) is 0 Å². The van der Waals surface area contributed by atoms with Gasteiger partial charge in [0.2, 0.25) is 10.0 Å². The van der Waals surface area contributed by atoms with E-state index in [1.165, 1.54) is 0 Å². The number of nitrogens with zero attached hydrogens (tertiary/aromatic N) is 1. The highest BCUT2D eigenvalue weighted by Crippen LogP contribution is 2.40. The van der Waals surface area contributed by atoms with Crippen LogP contribution >= 0.6 is 0 Å². The van der Waals surface area contributed by atoms with Crippen molar-refractivity contribution in [2.24, 2.45) is 5.92 Å². The van der Waals surface area contributed by atoms with Crippen molar-refractivity contribution < 1.29 is 23.4 Å². The quantitative estimate of drug-likeness (QED) is 0.791. The van der Waals surface area contributed by atoms with Gasteiger partial charge >= 0.3 is 0 Å². The Morgan fingerprint density at radius 3 is 2.39 bits per heavy atom. The number of ether oxygens (including phenoxy) is 1. The third kappa shape index (κ3) is 3.44. The minimum atomic E-state index is -3.23. The van der Waals surface area contributed by atoms with Crippen LogP contribution in [0.5, 0.6) is 0 Å². The maximum Gasteiger partial charge on any atom is 0.214 e. The highest BCUT2D eigenvalue weighted by molar-refractivity contribution is 7.89. The molecular formula is C16H29NO5S. The Morgan fingerprint density at radius 2 is 1.78 bits per heavy atom. The zero-order valence-corrected chi connectivity index (χ0v) is 14.7. The molecule has 1 spiro atoms. The fourth-order valence-electron chi connectivity index (χ4n) is 4.38. The Bertz CT molecular complexity index is 519. The fraction of sp³-hybridized carbons (Fsp3) is 1.00. The Balaban J connectivity index is 1.63. The molecule has 0 unspecified atom stereocenters. The largest absolute Gasteiger partial charge is 0.387 e. The van der Waals surface area contributed by atoms with Crippen LogP contribution in [0.4, 0.5) is 0 Å². The molecule has 0 bridgehead atoms. The smallest absolute Gasteiger partial charge is 0.214 e. The van der Waals surface area contributed by atoms with Crippen LogP contribution in [0.15, 0.2) is 0 Å². The molecule has 2 atom stereocenters. The van der Waals surface area contributed by atoms with Crippen molar-refractivity contribution in [2.45, 2.75) is 69.2 Å². The number of sulfonamides is 1. The lowest BCUT2D eigenvalue weighted by Crippen LogP contribution is -2.64. The number of hydrogen-bond acceptors (Lipinski definition) is 5. The summed E-state index contributed by atoms with van der Waals surface area (Å²) in [6, 6.07) is 0. The average molecular weight is 347 g/mol. The molecule has 1 aliphatic carbocycles. The standard InChI is InChI=1S/C16H29NO5S/c1-15(19)8-11-22-16(14(15)18)6-9-17(10-7-16)23(20,21)12-13-4-2-3-5-13/h13-14,18-19H,2-12H2,1H3/t14-,15+/m0/s1. The van der Waals surface area contributed by atoms with Crippen LogP contribution in [-0.2, 0) is 14.8 Å². The third-order valence-electron chi connectivity index (χ3n) is 5.97. The van der Waals surface area contributed by atoms with E-state index in [9.17, 15) is 18.6 Å². The molecular weight excluding hydrogens is 318 g/mol. The highest BCUT2D eigenvalue weighted by Gasteiger charge is 2.53. The van der Waals surface area contributed by atoms with Crippen molar-refractivity contribution in [3.05, 3.63) is 0 Å². The summed E-state index contributed by atoms with van der Waals surface area (Å²) in [5, 5.41) is 20.8. The second-order valence-corrected chi connectivity index (χ2v) is 9.76. The minimum Gasteiger partial charge on any atom is -0.387 e. The summed E-state index contributed by atoms with van der Waals surface area (Å²) in [6.07, 6.45) is 4.62. The summed E-state index contributed by atoms with van der Waals surface area (Å²) in [5.41, 5.74) is -1.97. The van der Waals surface area contributed by atoms with E-state index in [2.05, 4.69) is 0 Å². The van der Waals surface area contributed by atoms with Crippen molar-refractivity contribution in [2.75, 3.05) is 25.4 Å². The van der Waals surface area contributed by atoms with Crippen LogP contribution in [-0.4, -0.2) is 65.7 Å². The van der Waals surface area contributed by atoms with Crippen LogP contribution in [0.1, 0.15) is 51.9 Å². The Labute approximate surface area is 138 Å². The summed E-state index contributed by atoms with van der Waals surface area (Å²) < 4.78 is 32.6. The van der Waals surface area contributed by atoms with Gasteiger partial charge in [0.05, 0.1) is 23.6 Å². The maximum atomic E-state index is 12.6. The highest BCUT2D eigenvalue weighted by atomic mass is 32.2. The zero-order valence-electron chi connectivity index (χ0n) is 13.9. The van der Waals surface area contributed by atoms with Crippen molar-refractivity contribution in [3.8, 4) is 0 Å². The van der Waals surface area contributed by atoms with Crippen LogP contribution in [0.25, 0.3) is 0 Å². The first-order chi connectivity index (χ1) is 10.8. The normalized spacial score (nSPS) is 36.6. The predicted octanol–water partition coefficient (Wildman–Crippen LogP) is 0.873. The molecule has 0 aromatic carbocycles. The predicted molar refractivity (Wildman–Crippen MR) is 86.5 cm³/mol. The summed E-state index contributed by atoms with van der Waals surface area (Å²) in [7, 11) is -3.23. The molecule has 3 fully saturated rings. The number of aliphatic hydroxyl groups is 2. The first-order valence-electron chi connectivity index (χ1n) is 8.77. The zero-order chi connectivity index (χ0) is 16.7. The van der Waals surface area contributed by atoms with Crippen LogP contribution in [0.2, 0.25) is 0 Å². The lowest BCUT2D eigenvalue weighted by Gasteiger charge is -2.51. The van der Waals surface area contributed by atoms with E-state index in [1.807, 2.05) is 0 Å². The topological polar surface area (TPSA) is 87.1 Å². The van der Waals surface area contributed by atoms with Crippen LogP contribution in [0.3, 0.4) is 0 Å². The van der Waals surface area contributed by atoms with Gasteiger partial charge in [-0.3, -0.25) is 0 Å². The Hall–Kier alpha value is -0.210. The molecule has 6 nitrogen and oxygen atoms in total. The molecule has 7 heteroatoms.